The second-order valence-corrected chi connectivity index (χ2v) is 5.25. The number of hydrogen-bond acceptors (Lipinski definition) is 2. The molecule has 0 aliphatic carbocycles. The number of rotatable bonds is 5. The van der Waals surface area contributed by atoms with Crippen molar-refractivity contribution in [2.24, 2.45) is 0 Å². The van der Waals surface area contributed by atoms with Crippen molar-refractivity contribution in [2.45, 2.75) is 32.2 Å². The molecule has 1 unspecified atom stereocenters. The molecular formula is C14H15ClF3N3. The number of hydrogen-bond donors (Lipinski definition) is 1. The largest absolute Gasteiger partial charge is 0.416 e. The van der Waals surface area contributed by atoms with Crippen LogP contribution in [0.1, 0.15) is 18.1 Å². The summed E-state index contributed by atoms with van der Waals surface area (Å²) in [6.45, 7) is 2.90. The Bertz CT molecular complexity index is 582. The van der Waals surface area contributed by atoms with Crippen molar-refractivity contribution in [2.75, 3.05) is 0 Å². The van der Waals surface area contributed by atoms with E-state index in [9.17, 15) is 13.2 Å². The van der Waals surface area contributed by atoms with E-state index in [4.69, 9.17) is 11.6 Å². The van der Waals surface area contributed by atoms with Gasteiger partial charge in [0.25, 0.3) is 0 Å². The first kappa shape index (κ1) is 15.9. The Labute approximate surface area is 125 Å². The van der Waals surface area contributed by atoms with Crippen LogP contribution in [0.2, 0.25) is 5.02 Å². The number of halogens is 4. The molecule has 0 fully saturated rings. The SMILES string of the molecule is CC(Cn1ccnc1)NCc1cc(C(F)(F)F)ccc1Cl. The third-order valence-electron chi connectivity index (χ3n) is 3.06. The van der Waals surface area contributed by atoms with Gasteiger partial charge in [0.2, 0.25) is 0 Å². The highest BCUT2D eigenvalue weighted by Gasteiger charge is 2.30. The lowest BCUT2D eigenvalue weighted by molar-refractivity contribution is -0.137. The molecular weight excluding hydrogens is 303 g/mol. The molecule has 0 aliphatic heterocycles. The predicted octanol–water partition coefficient (Wildman–Crippen LogP) is 3.73. The van der Waals surface area contributed by atoms with Crippen LogP contribution >= 0.6 is 11.6 Å². The Hall–Kier alpha value is -1.53. The van der Waals surface area contributed by atoms with Crippen LogP contribution in [0.15, 0.2) is 36.9 Å². The Balaban J connectivity index is 1.99. The topological polar surface area (TPSA) is 29.9 Å². The summed E-state index contributed by atoms with van der Waals surface area (Å²) in [7, 11) is 0. The molecule has 0 amide bonds. The van der Waals surface area contributed by atoms with Crippen LogP contribution in [-0.2, 0) is 19.3 Å². The molecule has 1 heterocycles. The molecule has 0 saturated heterocycles. The molecule has 0 spiro atoms. The maximum absolute atomic E-state index is 12.7. The number of nitrogens with zero attached hydrogens (tertiary/aromatic N) is 2. The molecule has 2 rings (SSSR count). The normalized spacial score (nSPS) is 13.4. The van der Waals surface area contributed by atoms with E-state index in [1.165, 1.54) is 6.07 Å². The molecule has 1 aromatic heterocycles. The standard InChI is InChI=1S/C14H15ClF3N3/c1-10(8-21-5-4-19-9-21)20-7-11-6-12(14(16,17)18)2-3-13(11)15/h2-6,9-10,20H,7-8H2,1H3. The second-order valence-electron chi connectivity index (χ2n) is 4.85. The van der Waals surface area contributed by atoms with Crippen LogP contribution in [0.3, 0.4) is 0 Å². The first-order valence-electron chi connectivity index (χ1n) is 6.41. The van der Waals surface area contributed by atoms with Crippen molar-refractivity contribution in [1.82, 2.24) is 14.9 Å². The Kier molecular flexibility index (Phi) is 4.90. The van der Waals surface area contributed by atoms with Crippen molar-refractivity contribution in [1.29, 1.82) is 0 Å². The summed E-state index contributed by atoms with van der Waals surface area (Å²) >= 11 is 5.95. The third kappa shape index (κ3) is 4.47. The molecule has 0 saturated carbocycles. The fraction of sp³-hybridized carbons (Fsp3) is 0.357. The van der Waals surface area contributed by atoms with Crippen molar-refractivity contribution in [3.05, 3.63) is 53.1 Å². The first-order valence-corrected chi connectivity index (χ1v) is 6.79. The van der Waals surface area contributed by atoms with Gasteiger partial charge >= 0.3 is 6.18 Å². The Morgan fingerprint density at radius 2 is 2.14 bits per heavy atom. The van der Waals surface area contributed by atoms with E-state index in [1.807, 2.05) is 17.7 Å². The minimum absolute atomic E-state index is 0.0739. The zero-order valence-electron chi connectivity index (χ0n) is 11.4. The molecule has 1 atom stereocenters. The zero-order valence-corrected chi connectivity index (χ0v) is 12.1. The maximum Gasteiger partial charge on any atom is 0.416 e. The van der Waals surface area contributed by atoms with Crippen molar-refractivity contribution in [3.63, 3.8) is 0 Å². The summed E-state index contributed by atoms with van der Waals surface area (Å²) in [4.78, 5) is 3.94. The lowest BCUT2D eigenvalue weighted by atomic mass is 10.1. The van der Waals surface area contributed by atoms with Crippen LogP contribution in [0, 0.1) is 0 Å². The molecule has 1 aromatic carbocycles. The summed E-state index contributed by atoms with van der Waals surface area (Å²) in [6.07, 6.45) is 0.836. The summed E-state index contributed by atoms with van der Waals surface area (Å²) in [5.41, 5.74) is -0.255. The van der Waals surface area contributed by atoms with Crippen LogP contribution < -0.4 is 5.32 Å². The highest BCUT2D eigenvalue weighted by atomic mass is 35.5. The molecule has 3 nitrogen and oxygen atoms in total. The van der Waals surface area contributed by atoms with Crippen LogP contribution in [0.4, 0.5) is 13.2 Å². The number of imidazole rings is 1. The first-order chi connectivity index (χ1) is 9.86. The molecule has 1 N–H and O–H groups in total. The van der Waals surface area contributed by atoms with Gasteiger partial charge in [-0.15, -0.1) is 0 Å². The van der Waals surface area contributed by atoms with Gasteiger partial charge in [0.1, 0.15) is 0 Å². The quantitative estimate of drug-likeness (QED) is 0.910. The Morgan fingerprint density at radius 3 is 2.76 bits per heavy atom. The molecule has 0 radical (unpaired) electrons. The highest BCUT2D eigenvalue weighted by molar-refractivity contribution is 6.31. The van der Waals surface area contributed by atoms with Gasteiger partial charge in [-0.1, -0.05) is 11.6 Å². The van der Waals surface area contributed by atoms with Crippen molar-refractivity contribution < 1.29 is 13.2 Å². The number of benzene rings is 1. The fourth-order valence-electron chi connectivity index (χ4n) is 1.95. The van der Waals surface area contributed by atoms with Crippen molar-refractivity contribution >= 4 is 11.6 Å². The summed E-state index contributed by atoms with van der Waals surface area (Å²) in [5, 5.41) is 3.48. The van der Waals surface area contributed by atoms with Gasteiger partial charge in [0.15, 0.2) is 0 Å². The van der Waals surface area contributed by atoms with Gasteiger partial charge in [-0.2, -0.15) is 13.2 Å². The van der Waals surface area contributed by atoms with Crippen LogP contribution in [0.5, 0.6) is 0 Å². The van der Waals surface area contributed by atoms with Gasteiger partial charge in [-0.05, 0) is 30.7 Å². The minimum Gasteiger partial charge on any atom is -0.336 e. The highest BCUT2D eigenvalue weighted by Crippen LogP contribution is 2.31. The fourth-order valence-corrected chi connectivity index (χ4v) is 2.13. The maximum atomic E-state index is 12.7. The summed E-state index contributed by atoms with van der Waals surface area (Å²) in [5.74, 6) is 0. The lowest BCUT2D eigenvalue weighted by Crippen LogP contribution is -2.29. The van der Waals surface area contributed by atoms with Gasteiger partial charge in [-0.25, -0.2) is 4.98 Å². The smallest absolute Gasteiger partial charge is 0.336 e. The average Bonchev–Trinajstić information content (AvgIpc) is 2.89. The summed E-state index contributed by atoms with van der Waals surface area (Å²) in [6, 6.07) is 3.42. The van der Waals surface area contributed by atoms with E-state index < -0.39 is 11.7 Å². The Morgan fingerprint density at radius 1 is 1.38 bits per heavy atom. The number of nitrogens with one attached hydrogen (secondary N) is 1. The molecule has 0 aliphatic rings. The van der Waals surface area contributed by atoms with Gasteiger partial charge in [-0.3, -0.25) is 0 Å². The van der Waals surface area contributed by atoms with Crippen LogP contribution in [0.25, 0.3) is 0 Å². The molecule has 7 heteroatoms. The average molecular weight is 318 g/mol. The summed E-state index contributed by atoms with van der Waals surface area (Å²) < 4.78 is 39.9. The molecule has 21 heavy (non-hydrogen) atoms. The van der Waals surface area contributed by atoms with E-state index in [0.29, 0.717) is 17.1 Å². The van der Waals surface area contributed by atoms with E-state index in [0.717, 1.165) is 12.1 Å². The van der Waals surface area contributed by atoms with Crippen LogP contribution in [-0.4, -0.2) is 15.6 Å². The van der Waals surface area contributed by atoms with E-state index in [1.54, 1.807) is 12.5 Å². The molecule has 2 aromatic rings. The lowest BCUT2D eigenvalue weighted by Gasteiger charge is -2.16. The second kappa shape index (κ2) is 6.49. The monoisotopic (exact) mass is 317 g/mol. The third-order valence-corrected chi connectivity index (χ3v) is 3.43. The van der Waals surface area contributed by atoms with Gasteiger partial charge < -0.3 is 9.88 Å². The molecule has 0 bridgehead atoms. The molecule has 114 valence electrons. The van der Waals surface area contributed by atoms with Gasteiger partial charge in [0, 0.05) is 36.5 Å². The predicted molar refractivity (Wildman–Crippen MR) is 75.0 cm³/mol. The van der Waals surface area contributed by atoms with Gasteiger partial charge in [0.05, 0.1) is 11.9 Å². The van der Waals surface area contributed by atoms with Crippen molar-refractivity contribution in [3.8, 4) is 0 Å². The number of alkyl halides is 3. The van der Waals surface area contributed by atoms with E-state index in [2.05, 4.69) is 10.3 Å². The minimum atomic E-state index is -4.36. The van der Waals surface area contributed by atoms with E-state index in [-0.39, 0.29) is 12.6 Å². The zero-order chi connectivity index (χ0) is 15.5. The number of aromatic nitrogens is 2. The van der Waals surface area contributed by atoms with E-state index >= 15 is 0 Å².